The molecule has 1 aliphatic carbocycles. The summed E-state index contributed by atoms with van der Waals surface area (Å²) in [4.78, 5) is 11.5. The average molecular weight is 269 g/mol. The van der Waals surface area contributed by atoms with Gasteiger partial charge in [-0.25, -0.2) is 0 Å². The molecule has 0 unspecified atom stereocenters. The molecule has 3 nitrogen and oxygen atoms in total. The van der Waals surface area contributed by atoms with E-state index in [1.54, 1.807) is 24.3 Å². The first-order valence-corrected chi connectivity index (χ1v) is 6.61. The van der Waals surface area contributed by atoms with Crippen molar-refractivity contribution in [3.8, 4) is 0 Å². The smallest absolute Gasteiger partial charge is 0.313 e. The largest absolute Gasteiger partial charge is 0.481 e. The van der Waals surface area contributed by atoms with E-state index in [-0.39, 0.29) is 0 Å². The fourth-order valence-corrected chi connectivity index (χ4v) is 2.92. The lowest BCUT2D eigenvalue weighted by Gasteiger charge is -2.37. The van der Waals surface area contributed by atoms with E-state index < -0.39 is 17.5 Å². The quantitative estimate of drug-likeness (QED) is 0.885. The zero-order valence-electron chi connectivity index (χ0n) is 10.1. The maximum atomic E-state index is 11.5. The second-order valence-corrected chi connectivity index (χ2v) is 5.42. The molecule has 18 heavy (non-hydrogen) atoms. The minimum atomic E-state index is -1.13. The molecule has 1 fully saturated rings. The Morgan fingerprint density at radius 1 is 1.17 bits per heavy atom. The maximum Gasteiger partial charge on any atom is 0.313 e. The fourth-order valence-electron chi connectivity index (χ4n) is 2.79. The monoisotopic (exact) mass is 268 g/mol. The zero-order valence-corrected chi connectivity index (χ0v) is 10.9. The van der Waals surface area contributed by atoms with E-state index in [9.17, 15) is 15.0 Å². The van der Waals surface area contributed by atoms with Crippen LogP contribution in [-0.4, -0.2) is 21.8 Å². The van der Waals surface area contributed by atoms with Crippen molar-refractivity contribution in [2.24, 2.45) is 0 Å². The number of aliphatic carboxylic acids is 1. The molecule has 1 saturated carbocycles. The van der Waals surface area contributed by atoms with Crippen LogP contribution < -0.4 is 0 Å². The molecule has 0 amide bonds. The van der Waals surface area contributed by atoms with Crippen LogP contribution in [0.1, 0.15) is 43.6 Å². The molecule has 1 aromatic carbocycles. The summed E-state index contributed by atoms with van der Waals surface area (Å²) < 4.78 is 0. The molecule has 4 heteroatoms. The second kappa shape index (κ2) is 5.29. The predicted octanol–water partition coefficient (Wildman–Crippen LogP) is 3.20. The Hall–Kier alpha value is -1.06. The van der Waals surface area contributed by atoms with Gasteiger partial charge in [0.2, 0.25) is 0 Å². The number of aliphatic hydroxyl groups is 1. The lowest BCUT2D eigenvalue weighted by molar-refractivity contribution is -0.147. The topological polar surface area (TPSA) is 57.5 Å². The van der Waals surface area contributed by atoms with E-state index in [1.807, 2.05) is 0 Å². The molecular formula is C14H17ClO3. The Morgan fingerprint density at radius 3 is 2.22 bits per heavy atom. The van der Waals surface area contributed by atoms with Gasteiger partial charge in [-0.05, 0) is 30.5 Å². The van der Waals surface area contributed by atoms with Gasteiger partial charge in [0.05, 0.1) is 5.60 Å². The summed E-state index contributed by atoms with van der Waals surface area (Å²) in [5.41, 5.74) is -0.505. The standard InChI is InChI=1S/C14H17ClO3/c15-11-6-4-10(5-7-11)12(13(16)17)14(18)8-2-1-3-9-14/h4-7,12,18H,1-3,8-9H2,(H,16,17)/t12-/m0/s1. The van der Waals surface area contributed by atoms with E-state index in [2.05, 4.69) is 0 Å². The Labute approximate surface area is 111 Å². The summed E-state index contributed by atoms with van der Waals surface area (Å²) in [6.07, 6.45) is 3.93. The van der Waals surface area contributed by atoms with E-state index in [0.717, 1.165) is 19.3 Å². The van der Waals surface area contributed by atoms with Crippen LogP contribution in [0.2, 0.25) is 5.02 Å². The van der Waals surface area contributed by atoms with Crippen LogP contribution >= 0.6 is 11.6 Å². The minimum absolute atomic E-state index is 0.548. The summed E-state index contributed by atoms with van der Waals surface area (Å²) in [5, 5.41) is 20.6. The summed E-state index contributed by atoms with van der Waals surface area (Å²) >= 11 is 5.81. The van der Waals surface area contributed by atoms with E-state index >= 15 is 0 Å². The highest BCUT2D eigenvalue weighted by atomic mass is 35.5. The van der Waals surface area contributed by atoms with Crippen molar-refractivity contribution in [3.63, 3.8) is 0 Å². The number of carbonyl (C=O) groups is 1. The Morgan fingerprint density at radius 2 is 1.72 bits per heavy atom. The third kappa shape index (κ3) is 2.68. The molecule has 1 aromatic rings. The fraction of sp³-hybridized carbons (Fsp3) is 0.500. The average Bonchev–Trinajstić information content (AvgIpc) is 2.32. The number of carboxylic acids is 1. The van der Waals surface area contributed by atoms with Gasteiger partial charge >= 0.3 is 5.97 Å². The first-order valence-electron chi connectivity index (χ1n) is 6.23. The van der Waals surface area contributed by atoms with Crippen molar-refractivity contribution >= 4 is 17.6 Å². The van der Waals surface area contributed by atoms with Gasteiger partial charge in [0, 0.05) is 5.02 Å². The van der Waals surface area contributed by atoms with Gasteiger partial charge in [-0.1, -0.05) is 43.0 Å². The molecule has 0 heterocycles. The van der Waals surface area contributed by atoms with Crippen LogP contribution in [-0.2, 0) is 4.79 Å². The first-order chi connectivity index (χ1) is 8.53. The highest BCUT2D eigenvalue weighted by Crippen LogP contribution is 2.40. The minimum Gasteiger partial charge on any atom is -0.481 e. The number of hydrogen-bond acceptors (Lipinski definition) is 2. The highest BCUT2D eigenvalue weighted by Gasteiger charge is 2.43. The van der Waals surface area contributed by atoms with Crippen LogP contribution in [0.25, 0.3) is 0 Å². The van der Waals surface area contributed by atoms with E-state index in [1.165, 1.54) is 0 Å². The Balaban J connectivity index is 2.33. The second-order valence-electron chi connectivity index (χ2n) is 4.99. The van der Waals surface area contributed by atoms with Crippen LogP contribution in [0.5, 0.6) is 0 Å². The van der Waals surface area contributed by atoms with Crippen molar-refractivity contribution in [2.75, 3.05) is 0 Å². The zero-order chi connectivity index (χ0) is 13.2. The predicted molar refractivity (Wildman–Crippen MR) is 69.9 cm³/mol. The number of benzene rings is 1. The molecule has 1 aliphatic rings. The number of carboxylic acid groups (broad SMARTS) is 1. The SMILES string of the molecule is O=C(O)[C@H](c1ccc(Cl)cc1)C1(O)CCCCC1. The molecular weight excluding hydrogens is 252 g/mol. The summed E-state index contributed by atoms with van der Waals surface area (Å²) in [6, 6.07) is 6.71. The lowest BCUT2D eigenvalue weighted by atomic mass is 9.73. The molecule has 0 aromatic heterocycles. The van der Waals surface area contributed by atoms with Gasteiger partial charge < -0.3 is 10.2 Å². The van der Waals surface area contributed by atoms with Crippen molar-refractivity contribution in [1.29, 1.82) is 0 Å². The summed E-state index contributed by atoms with van der Waals surface area (Å²) in [6.45, 7) is 0. The van der Waals surface area contributed by atoms with Crippen LogP contribution in [0.15, 0.2) is 24.3 Å². The van der Waals surface area contributed by atoms with Gasteiger partial charge in [0.25, 0.3) is 0 Å². The normalized spacial score (nSPS) is 20.3. The van der Waals surface area contributed by atoms with Gasteiger partial charge in [0.1, 0.15) is 5.92 Å². The van der Waals surface area contributed by atoms with Crippen LogP contribution in [0.4, 0.5) is 0 Å². The van der Waals surface area contributed by atoms with Crippen LogP contribution in [0, 0.1) is 0 Å². The summed E-state index contributed by atoms with van der Waals surface area (Å²) in [7, 11) is 0. The van der Waals surface area contributed by atoms with Gasteiger partial charge in [-0.15, -0.1) is 0 Å². The molecule has 0 saturated heterocycles. The molecule has 0 bridgehead atoms. The number of halogens is 1. The molecule has 0 radical (unpaired) electrons. The van der Waals surface area contributed by atoms with Crippen LogP contribution in [0.3, 0.4) is 0 Å². The summed E-state index contributed by atoms with van der Waals surface area (Å²) in [5.74, 6) is -1.84. The van der Waals surface area contributed by atoms with Crippen molar-refractivity contribution in [2.45, 2.75) is 43.6 Å². The third-order valence-corrected chi connectivity index (χ3v) is 3.96. The first kappa shape index (κ1) is 13.4. The molecule has 98 valence electrons. The van der Waals surface area contributed by atoms with Gasteiger partial charge in [-0.3, -0.25) is 4.79 Å². The lowest BCUT2D eigenvalue weighted by Crippen LogP contribution is -2.42. The molecule has 2 N–H and O–H groups in total. The van der Waals surface area contributed by atoms with Gasteiger partial charge in [-0.2, -0.15) is 0 Å². The van der Waals surface area contributed by atoms with Crippen molar-refractivity contribution < 1.29 is 15.0 Å². The molecule has 2 rings (SSSR count). The Bertz CT molecular complexity index is 421. The molecule has 0 aliphatic heterocycles. The van der Waals surface area contributed by atoms with Crippen molar-refractivity contribution in [3.05, 3.63) is 34.9 Å². The molecule has 1 atom stereocenters. The Kier molecular flexibility index (Phi) is 3.93. The van der Waals surface area contributed by atoms with Crippen molar-refractivity contribution in [1.82, 2.24) is 0 Å². The maximum absolute atomic E-state index is 11.5. The third-order valence-electron chi connectivity index (χ3n) is 3.71. The number of hydrogen-bond donors (Lipinski definition) is 2. The molecule has 0 spiro atoms. The van der Waals surface area contributed by atoms with Gasteiger partial charge in [0.15, 0.2) is 0 Å². The highest BCUT2D eigenvalue weighted by molar-refractivity contribution is 6.30. The van der Waals surface area contributed by atoms with E-state index in [4.69, 9.17) is 11.6 Å². The number of rotatable bonds is 3. The van der Waals surface area contributed by atoms with E-state index in [0.29, 0.717) is 23.4 Å².